The number of ether oxygens (including phenoxy) is 2. The predicted octanol–water partition coefficient (Wildman–Crippen LogP) is 3.26. The van der Waals surface area contributed by atoms with Gasteiger partial charge in [-0.3, -0.25) is 0 Å². The number of rotatable bonds is 10. The third-order valence-corrected chi connectivity index (χ3v) is 3.70. The minimum absolute atomic E-state index is 0.295. The third-order valence-electron chi connectivity index (χ3n) is 3.70. The van der Waals surface area contributed by atoms with Crippen LogP contribution in [0.5, 0.6) is 0 Å². The summed E-state index contributed by atoms with van der Waals surface area (Å²) in [5.41, 5.74) is 1.30. The summed E-state index contributed by atoms with van der Waals surface area (Å²) in [6.07, 6.45) is 1.13. The Labute approximate surface area is 138 Å². The van der Waals surface area contributed by atoms with Gasteiger partial charge in [-0.15, -0.1) is 0 Å². The van der Waals surface area contributed by atoms with Crippen LogP contribution in [0.25, 0.3) is 0 Å². The van der Waals surface area contributed by atoms with E-state index in [0.29, 0.717) is 39.3 Å². The van der Waals surface area contributed by atoms with Gasteiger partial charge in [0, 0.05) is 19.4 Å². The summed E-state index contributed by atoms with van der Waals surface area (Å²) in [6.45, 7) is 4.00. The maximum Gasteiger partial charge on any atom is 0.0960 e. The van der Waals surface area contributed by atoms with Crippen molar-refractivity contribution >= 4 is 0 Å². The second kappa shape index (κ2) is 9.46. The molecule has 2 aromatic carbocycles. The Hall–Kier alpha value is -1.68. The van der Waals surface area contributed by atoms with Gasteiger partial charge in [-0.25, -0.2) is 0 Å². The maximum atomic E-state index is 11.1. The molecule has 3 heteroatoms. The van der Waals surface area contributed by atoms with E-state index >= 15 is 0 Å². The Morgan fingerprint density at radius 3 is 1.74 bits per heavy atom. The van der Waals surface area contributed by atoms with Crippen LogP contribution in [-0.2, 0) is 22.3 Å². The van der Waals surface area contributed by atoms with Crippen molar-refractivity contribution in [3.63, 3.8) is 0 Å². The molecule has 0 saturated heterocycles. The largest absolute Gasteiger partial charge is 0.387 e. The van der Waals surface area contributed by atoms with Crippen molar-refractivity contribution in [2.75, 3.05) is 26.4 Å². The van der Waals surface area contributed by atoms with Gasteiger partial charge in [-0.2, -0.15) is 0 Å². The smallest absolute Gasteiger partial charge is 0.0960 e. The molecule has 0 atom stereocenters. The fraction of sp³-hybridized carbons (Fsp3) is 0.400. The van der Waals surface area contributed by atoms with E-state index in [1.807, 2.05) is 67.6 Å². The fourth-order valence-electron chi connectivity index (χ4n) is 2.64. The lowest BCUT2D eigenvalue weighted by Gasteiger charge is -2.28. The van der Waals surface area contributed by atoms with E-state index in [-0.39, 0.29) is 0 Å². The molecule has 0 unspecified atom stereocenters. The van der Waals surface area contributed by atoms with Gasteiger partial charge in [0.2, 0.25) is 0 Å². The van der Waals surface area contributed by atoms with Crippen LogP contribution in [0.2, 0.25) is 0 Å². The zero-order valence-electron chi connectivity index (χ0n) is 13.8. The number of hydrogen-bond donors (Lipinski definition) is 1. The molecular weight excluding hydrogens is 288 g/mol. The summed E-state index contributed by atoms with van der Waals surface area (Å²) < 4.78 is 10.9. The van der Waals surface area contributed by atoms with Gasteiger partial charge in [-0.05, 0) is 18.1 Å². The van der Waals surface area contributed by atoms with E-state index in [4.69, 9.17) is 9.47 Å². The predicted molar refractivity (Wildman–Crippen MR) is 92.6 cm³/mol. The molecule has 0 saturated carbocycles. The van der Waals surface area contributed by atoms with Crippen molar-refractivity contribution in [3.05, 3.63) is 71.8 Å². The number of hydrogen-bond acceptors (Lipinski definition) is 3. The molecule has 2 rings (SSSR count). The molecule has 124 valence electrons. The van der Waals surface area contributed by atoms with Crippen LogP contribution >= 0.6 is 0 Å². The standard InChI is InChI=1S/C20H26O3/c1-2-22-13-14-23-17-20(21,15-18-9-5-3-6-10-18)16-19-11-7-4-8-12-19/h3-12,21H,2,13-17H2,1H3. The van der Waals surface area contributed by atoms with Crippen molar-refractivity contribution in [3.8, 4) is 0 Å². The van der Waals surface area contributed by atoms with Crippen LogP contribution in [0.1, 0.15) is 18.1 Å². The zero-order valence-corrected chi connectivity index (χ0v) is 13.8. The van der Waals surface area contributed by atoms with Crippen LogP contribution in [-0.4, -0.2) is 37.1 Å². The SMILES string of the molecule is CCOCCOCC(O)(Cc1ccccc1)Cc1ccccc1. The minimum atomic E-state index is -0.922. The Bertz CT molecular complexity index is 498. The molecule has 0 aliphatic rings. The molecule has 0 radical (unpaired) electrons. The van der Waals surface area contributed by atoms with E-state index < -0.39 is 5.60 Å². The quantitative estimate of drug-likeness (QED) is 0.684. The number of benzene rings is 2. The van der Waals surface area contributed by atoms with E-state index in [2.05, 4.69) is 0 Å². The van der Waals surface area contributed by atoms with Gasteiger partial charge in [0.15, 0.2) is 0 Å². The molecule has 2 aromatic rings. The van der Waals surface area contributed by atoms with Gasteiger partial charge in [-0.1, -0.05) is 60.7 Å². The molecule has 0 aliphatic carbocycles. The third kappa shape index (κ3) is 6.53. The summed E-state index contributed by atoms with van der Waals surface area (Å²) in [4.78, 5) is 0. The van der Waals surface area contributed by atoms with Crippen LogP contribution < -0.4 is 0 Å². The van der Waals surface area contributed by atoms with Crippen molar-refractivity contribution in [1.29, 1.82) is 0 Å². The Morgan fingerprint density at radius 2 is 1.26 bits per heavy atom. The van der Waals surface area contributed by atoms with Crippen LogP contribution in [0.4, 0.5) is 0 Å². The topological polar surface area (TPSA) is 38.7 Å². The Balaban J connectivity index is 2.00. The molecule has 0 bridgehead atoms. The molecule has 1 N–H and O–H groups in total. The van der Waals surface area contributed by atoms with Crippen LogP contribution in [0, 0.1) is 0 Å². The average molecular weight is 314 g/mol. The van der Waals surface area contributed by atoms with E-state index in [1.165, 1.54) is 0 Å². The highest BCUT2D eigenvalue weighted by molar-refractivity contribution is 5.21. The first-order chi connectivity index (χ1) is 11.2. The molecule has 0 spiro atoms. The van der Waals surface area contributed by atoms with E-state index in [1.54, 1.807) is 0 Å². The first-order valence-electron chi connectivity index (χ1n) is 8.17. The minimum Gasteiger partial charge on any atom is -0.387 e. The fourth-order valence-corrected chi connectivity index (χ4v) is 2.64. The molecule has 0 aliphatic heterocycles. The Morgan fingerprint density at radius 1 is 0.783 bits per heavy atom. The second-order valence-corrected chi connectivity index (χ2v) is 5.80. The van der Waals surface area contributed by atoms with Crippen LogP contribution in [0.15, 0.2) is 60.7 Å². The highest BCUT2D eigenvalue weighted by Gasteiger charge is 2.28. The highest BCUT2D eigenvalue weighted by atomic mass is 16.5. The van der Waals surface area contributed by atoms with Crippen LogP contribution in [0.3, 0.4) is 0 Å². The van der Waals surface area contributed by atoms with Gasteiger partial charge < -0.3 is 14.6 Å². The van der Waals surface area contributed by atoms with Crippen molar-refractivity contribution in [2.24, 2.45) is 0 Å². The lowest BCUT2D eigenvalue weighted by atomic mass is 9.88. The molecule has 0 heterocycles. The molecule has 3 nitrogen and oxygen atoms in total. The normalized spacial score (nSPS) is 11.6. The first kappa shape index (κ1) is 17.7. The molecule has 23 heavy (non-hydrogen) atoms. The summed E-state index contributed by atoms with van der Waals surface area (Å²) in [7, 11) is 0. The lowest BCUT2D eigenvalue weighted by molar-refractivity contribution is -0.0570. The van der Waals surface area contributed by atoms with Crippen molar-refractivity contribution in [1.82, 2.24) is 0 Å². The molecule has 0 amide bonds. The maximum absolute atomic E-state index is 11.1. The summed E-state index contributed by atoms with van der Waals surface area (Å²) in [5.74, 6) is 0. The van der Waals surface area contributed by atoms with Gasteiger partial charge >= 0.3 is 0 Å². The van der Waals surface area contributed by atoms with Gasteiger partial charge in [0.1, 0.15) is 0 Å². The average Bonchev–Trinajstić information content (AvgIpc) is 2.56. The van der Waals surface area contributed by atoms with Gasteiger partial charge in [0.05, 0.1) is 25.4 Å². The monoisotopic (exact) mass is 314 g/mol. The van der Waals surface area contributed by atoms with Crippen molar-refractivity contribution in [2.45, 2.75) is 25.4 Å². The molecular formula is C20H26O3. The first-order valence-corrected chi connectivity index (χ1v) is 8.17. The van der Waals surface area contributed by atoms with Gasteiger partial charge in [0.25, 0.3) is 0 Å². The van der Waals surface area contributed by atoms with Crippen molar-refractivity contribution < 1.29 is 14.6 Å². The zero-order chi connectivity index (χ0) is 16.4. The summed E-state index contributed by atoms with van der Waals surface area (Å²) in [5, 5.41) is 11.1. The molecule has 0 aromatic heterocycles. The molecule has 0 fully saturated rings. The number of aliphatic hydroxyl groups is 1. The second-order valence-electron chi connectivity index (χ2n) is 5.80. The van der Waals surface area contributed by atoms with E-state index in [9.17, 15) is 5.11 Å². The van der Waals surface area contributed by atoms with E-state index in [0.717, 1.165) is 11.1 Å². The summed E-state index contributed by atoms with van der Waals surface area (Å²) >= 11 is 0. The summed E-state index contributed by atoms with van der Waals surface area (Å²) in [6, 6.07) is 20.1. The Kier molecular flexibility index (Phi) is 7.27. The lowest BCUT2D eigenvalue weighted by Crippen LogP contribution is -2.40. The highest BCUT2D eigenvalue weighted by Crippen LogP contribution is 2.20.